The smallest absolute Gasteiger partial charge is 0.0642 e. The van der Waals surface area contributed by atoms with E-state index in [1.54, 1.807) is 0 Å². The lowest BCUT2D eigenvalue weighted by molar-refractivity contribution is 0.518. The highest BCUT2D eigenvalue weighted by Crippen LogP contribution is 2.37. The summed E-state index contributed by atoms with van der Waals surface area (Å²) < 4.78 is 0. The van der Waals surface area contributed by atoms with Crippen LogP contribution in [0.2, 0.25) is 5.02 Å². The van der Waals surface area contributed by atoms with Gasteiger partial charge >= 0.3 is 0 Å². The number of hydrogen-bond acceptors (Lipinski definition) is 1. The first-order chi connectivity index (χ1) is 7.54. The van der Waals surface area contributed by atoms with Crippen molar-refractivity contribution in [2.75, 3.05) is 11.4 Å². The average Bonchev–Trinajstić information content (AvgIpc) is 2.58. The fraction of sp³-hybridized carbons (Fsp3) is 0.538. The normalized spacial score (nSPS) is 19.1. The number of rotatable bonds is 2. The van der Waals surface area contributed by atoms with Gasteiger partial charge in [-0.05, 0) is 44.4 Å². The van der Waals surface area contributed by atoms with Gasteiger partial charge in [0.05, 0.1) is 10.7 Å². The van der Waals surface area contributed by atoms with Gasteiger partial charge in [0.25, 0.3) is 0 Å². The van der Waals surface area contributed by atoms with Crippen molar-refractivity contribution in [2.24, 2.45) is 0 Å². The summed E-state index contributed by atoms with van der Waals surface area (Å²) in [5.74, 6) is 0. The van der Waals surface area contributed by atoms with Gasteiger partial charge in [-0.1, -0.05) is 33.6 Å². The van der Waals surface area contributed by atoms with Crippen molar-refractivity contribution in [3.63, 3.8) is 0 Å². The molecular weight excluding hydrogens is 286 g/mol. The van der Waals surface area contributed by atoms with Crippen molar-refractivity contribution >= 4 is 33.2 Å². The molecule has 1 aliphatic heterocycles. The Balaban J connectivity index is 2.34. The van der Waals surface area contributed by atoms with Crippen molar-refractivity contribution in [2.45, 2.75) is 37.6 Å². The number of hydrogen-bond donors (Lipinski definition) is 0. The van der Waals surface area contributed by atoms with Crippen LogP contribution in [-0.2, 0) is 5.33 Å². The van der Waals surface area contributed by atoms with Crippen LogP contribution < -0.4 is 4.90 Å². The van der Waals surface area contributed by atoms with Gasteiger partial charge < -0.3 is 4.90 Å². The van der Waals surface area contributed by atoms with Gasteiger partial charge in [-0.2, -0.15) is 0 Å². The maximum absolute atomic E-state index is 6.35. The molecule has 1 heterocycles. The van der Waals surface area contributed by atoms with Crippen LogP contribution in [0.4, 0.5) is 5.69 Å². The Morgan fingerprint density at radius 1 is 1.44 bits per heavy atom. The van der Waals surface area contributed by atoms with Crippen LogP contribution in [-0.4, -0.2) is 12.1 Å². The van der Waals surface area contributed by atoms with Crippen molar-refractivity contribution in [1.82, 2.24) is 0 Å². The average molecular weight is 303 g/mol. The number of anilines is 1. The molecule has 1 aliphatic rings. The number of halogens is 2. The van der Waals surface area contributed by atoms with Crippen molar-refractivity contribution in [3.05, 3.63) is 28.8 Å². The van der Waals surface area contributed by atoms with E-state index in [-0.39, 0.29) is 5.54 Å². The molecule has 1 nitrogen and oxygen atoms in total. The summed E-state index contributed by atoms with van der Waals surface area (Å²) in [7, 11) is 0. The summed E-state index contributed by atoms with van der Waals surface area (Å²) in [4.78, 5) is 2.42. The monoisotopic (exact) mass is 301 g/mol. The highest BCUT2D eigenvalue weighted by Gasteiger charge is 2.32. The van der Waals surface area contributed by atoms with Gasteiger partial charge in [0.15, 0.2) is 0 Å². The van der Waals surface area contributed by atoms with Gasteiger partial charge in [-0.3, -0.25) is 0 Å². The summed E-state index contributed by atoms with van der Waals surface area (Å²) in [5.41, 5.74) is 2.64. The number of nitrogens with zero attached hydrogens (tertiary/aromatic N) is 1. The predicted octanol–water partition coefficient (Wildman–Crippen LogP) is 4.61. The van der Waals surface area contributed by atoms with Crippen LogP contribution in [0.15, 0.2) is 18.2 Å². The van der Waals surface area contributed by atoms with Crippen LogP contribution >= 0.6 is 27.5 Å². The second kappa shape index (κ2) is 4.58. The molecule has 0 atom stereocenters. The third-order valence-corrected chi connectivity index (χ3v) is 4.31. The molecule has 1 saturated heterocycles. The van der Waals surface area contributed by atoms with Crippen molar-refractivity contribution in [1.29, 1.82) is 0 Å². The van der Waals surface area contributed by atoms with Crippen molar-refractivity contribution < 1.29 is 0 Å². The van der Waals surface area contributed by atoms with Crippen LogP contribution in [0, 0.1) is 0 Å². The lowest BCUT2D eigenvalue weighted by Crippen LogP contribution is -2.38. The second-order valence-corrected chi connectivity index (χ2v) is 5.95. The minimum Gasteiger partial charge on any atom is -0.365 e. The maximum Gasteiger partial charge on any atom is 0.0642 e. The Morgan fingerprint density at radius 3 is 2.69 bits per heavy atom. The van der Waals surface area contributed by atoms with E-state index in [4.69, 9.17) is 11.6 Å². The molecule has 0 radical (unpaired) electrons. The molecule has 1 aromatic rings. The minimum absolute atomic E-state index is 0.236. The Morgan fingerprint density at radius 2 is 2.19 bits per heavy atom. The highest BCUT2D eigenvalue weighted by atomic mass is 79.9. The molecular formula is C13H17BrClN. The molecule has 0 aliphatic carbocycles. The zero-order chi connectivity index (χ0) is 11.8. The molecule has 2 rings (SSSR count). The minimum atomic E-state index is 0.236. The first kappa shape index (κ1) is 12.3. The molecule has 0 saturated carbocycles. The van der Waals surface area contributed by atoms with E-state index in [0.717, 1.165) is 16.9 Å². The molecule has 3 heteroatoms. The van der Waals surface area contributed by atoms with E-state index in [1.807, 2.05) is 0 Å². The molecule has 1 aromatic carbocycles. The summed E-state index contributed by atoms with van der Waals surface area (Å²) in [6, 6.07) is 6.34. The predicted molar refractivity (Wildman–Crippen MR) is 74.7 cm³/mol. The van der Waals surface area contributed by atoms with E-state index in [1.165, 1.54) is 24.1 Å². The van der Waals surface area contributed by atoms with Gasteiger partial charge in [0, 0.05) is 17.4 Å². The fourth-order valence-corrected chi connectivity index (χ4v) is 3.06. The van der Waals surface area contributed by atoms with Gasteiger partial charge in [-0.25, -0.2) is 0 Å². The third-order valence-electron chi connectivity index (χ3n) is 3.36. The quantitative estimate of drug-likeness (QED) is 0.721. The second-order valence-electron chi connectivity index (χ2n) is 4.99. The molecule has 0 unspecified atom stereocenters. The SMILES string of the molecule is CC1(C)CCCN1c1ccc(CBr)cc1Cl. The molecule has 0 bridgehead atoms. The Hall–Kier alpha value is -0.210. The van der Waals surface area contributed by atoms with Gasteiger partial charge in [0.2, 0.25) is 0 Å². The van der Waals surface area contributed by atoms with Crippen LogP contribution in [0.5, 0.6) is 0 Å². The van der Waals surface area contributed by atoms with Crippen LogP contribution in [0.25, 0.3) is 0 Å². The molecule has 88 valence electrons. The van der Waals surface area contributed by atoms with Crippen LogP contribution in [0.3, 0.4) is 0 Å². The number of benzene rings is 1. The van der Waals surface area contributed by atoms with E-state index in [2.05, 4.69) is 52.9 Å². The first-order valence-electron chi connectivity index (χ1n) is 5.66. The van der Waals surface area contributed by atoms with E-state index >= 15 is 0 Å². The number of alkyl halides is 1. The molecule has 1 fully saturated rings. The van der Waals surface area contributed by atoms with Gasteiger partial charge in [0.1, 0.15) is 0 Å². The Labute approximate surface area is 111 Å². The first-order valence-corrected chi connectivity index (χ1v) is 7.16. The summed E-state index contributed by atoms with van der Waals surface area (Å²) >= 11 is 9.80. The molecule has 0 aromatic heterocycles. The van der Waals surface area contributed by atoms with E-state index in [9.17, 15) is 0 Å². The van der Waals surface area contributed by atoms with Gasteiger partial charge in [-0.15, -0.1) is 0 Å². The lowest BCUT2D eigenvalue weighted by Gasteiger charge is -2.34. The highest BCUT2D eigenvalue weighted by molar-refractivity contribution is 9.08. The Bertz CT molecular complexity index is 390. The summed E-state index contributed by atoms with van der Waals surface area (Å²) in [6.07, 6.45) is 2.49. The molecule has 16 heavy (non-hydrogen) atoms. The van der Waals surface area contributed by atoms with Crippen molar-refractivity contribution in [3.8, 4) is 0 Å². The molecule has 0 amide bonds. The van der Waals surface area contributed by atoms with Crippen LogP contribution in [0.1, 0.15) is 32.3 Å². The molecule has 0 N–H and O–H groups in total. The molecule has 0 spiro atoms. The summed E-state index contributed by atoms with van der Waals surface area (Å²) in [5, 5.41) is 1.73. The topological polar surface area (TPSA) is 3.24 Å². The summed E-state index contributed by atoms with van der Waals surface area (Å²) in [6.45, 7) is 5.68. The fourth-order valence-electron chi connectivity index (χ4n) is 2.41. The lowest BCUT2D eigenvalue weighted by atomic mass is 10.0. The van der Waals surface area contributed by atoms with E-state index in [0.29, 0.717) is 0 Å². The van der Waals surface area contributed by atoms with E-state index < -0.39 is 0 Å². The zero-order valence-electron chi connectivity index (χ0n) is 9.76. The Kier molecular flexibility index (Phi) is 3.50. The standard InChI is InChI=1S/C13H17BrClN/c1-13(2)6-3-7-16(13)12-5-4-10(9-14)8-11(12)15/h4-5,8H,3,6-7,9H2,1-2H3. The third kappa shape index (κ3) is 2.23. The largest absolute Gasteiger partial charge is 0.365 e. The zero-order valence-corrected chi connectivity index (χ0v) is 12.1. The maximum atomic E-state index is 6.35.